The number of morpholine rings is 1. The van der Waals surface area contributed by atoms with Crippen molar-refractivity contribution in [2.45, 2.75) is 32.9 Å². The zero-order valence-corrected chi connectivity index (χ0v) is 11.0. The maximum atomic E-state index is 12.4. The SMILES string of the molecule is CCCn1nncc1C(=O)C1CN(CC)CCO1. The second kappa shape index (κ2) is 6.06. The average molecular weight is 252 g/mol. The van der Waals surface area contributed by atoms with Crippen molar-refractivity contribution >= 4 is 5.78 Å². The lowest BCUT2D eigenvalue weighted by atomic mass is 10.1. The molecular formula is C12H20N4O2. The van der Waals surface area contributed by atoms with E-state index in [0.717, 1.165) is 19.5 Å². The highest BCUT2D eigenvalue weighted by atomic mass is 16.5. The van der Waals surface area contributed by atoms with Gasteiger partial charge in [0, 0.05) is 19.6 Å². The molecule has 0 amide bonds. The van der Waals surface area contributed by atoms with Gasteiger partial charge in [0.15, 0.2) is 0 Å². The summed E-state index contributed by atoms with van der Waals surface area (Å²) in [7, 11) is 0. The minimum absolute atomic E-state index is 0.00778. The fourth-order valence-electron chi connectivity index (χ4n) is 2.14. The van der Waals surface area contributed by atoms with E-state index in [9.17, 15) is 4.79 Å². The molecule has 1 atom stereocenters. The molecule has 0 radical (unpaired) electrons. The monoisotopic (exact) mass is 252 g/mol. The quantitative estimate of drug-likeness (QED) is 0.718. The predicted octanol–water partition coefficient (Wildman–Crippen LogP) is 0.591. The largest absolute Gasteiger partial charge is 0.367 e. The predicted molar refractivity (Wildman–Crippen MR) is 66.5 cm³/mol. The van der Waals surface area contributed by atoms with Gasteiger partial charge in [0.05, 0.1) is 12.8 Å². The molecule has 0 spiro atoms. The highest BCUT2D eigenvalue weighted by molar-refractivity contribution is 5.98. The van der Waals surface area contributed by atoms with Crippen LogP contribution in [0, 0.1) is 0 Å². The Morgan fingerprint density at radius 3 is 3.11 bits per heavy atom. The molecule has 1 aromatic heterocycles. The lowest BCUT2D eigenvalue weighted by Gasteiger charge is -2.31. The molecule has 0 aromatic carbocycles. The van der Waals surface area contributed by atoms with Crippen LogP contribution < -0.4 is 0 Å². The van der Waals surface area contributed by atoms with E-state index in [1.807, 2.05) is 6.92 Å². The third-order valence-corrected chi connectivity index (χ3v) is 3.20. The number of ether oxygens (including phenoxy) is 1. The summed E-state index contributed by atoms with van der Waals surface area (Å²) in [4.78, 5) is 14.6. The molecule has 1 unspecified atom stereocenters. The molecule has 1 aromatic rings. The van der Waals surface area contributed by atoms with Crippen LogP contribution in [-0.2, 0) is 11.3 Å². The van der Waals surface area contributed by atoms with E-state index in [-0.39, 0.29) is 11.9 Å². The van der Waals surface area contributed by atoms with Gasteiger partial charge in [-0.2, -0.15) is 0 Å². The van der Waals surface area contributed by atoms with Crippen molar-refractivity contribution in [3.05, 3.63) is 11.9 Å². The van der Waals surface area contributed by atoms with Gasteiger partial charge in [-0.25, -0.2) is 4.68 Å². The van der Waals surface area contributed by atoms with E-state index < -0.39 is 0 Å². The van der Waals surface area contributed by atoms with Gasteiger partial charge in [-0.15, -0.1) is 5.10 Å². The molecule has 18 heavy (non-hydrogen) atoms. The first-order chi connectivity index (χ1) is 8.76. The molecule has 1 fully saturated rings. The molecule has 2 heterocycles. The van der Waals surface area contributed by atoms with E-state index in [1.54, 1.807) is 4.68 Å². The summed E-state index contributed by atoms with van der Waals surface area (Å²) in [6, 6.07) is 0. The fraction of sp³-hybridized carbons (Fsp3) is 0.750. The van der Waals surface area contributed by atoms with Gasteiger partial charge in [0.2, 0.25) is 5.78 Å². The van der Waals surface area contributed by atoms with Gasteiger partial charge >= 0.3 is 0 Å². The lowest BCUT2D eigenvalue weighted by molar-refractivity contribution is -0.0153. The van der Waals surface area contributed by atoms with E-state index in [4.69, 9.17) is 4.74 Å². The van der Waals surface area contributed by atoms with Gasteiger partial charge in [-0.05, 0) is 13.0 Å². The molecule has 0 saturated carbocycles. The number of hydrogen-bond acceptors (Lipinski definition) is 5. The highest BCUT2D eigenvalue weighted by Gasteiger charge is 2.29. The molecule has 0 aliphatic carbocycles. The molecule has 6 nitrogen and oxygen atoms in total. The minimum Gasteiger partial charge on any atom is -0.367 e. The average Bonchev–Trinajstić information content (AvgIpc) is 2.86. The summed E-state index contributed by atoms with van der Waals surface area (Å²) < 4.78 is 7.23. The Hall–Kier alpha value is -1.27. The number of likely N-dealkylation sites (N-methyl/N-ethyl adjacent to an activating group) is 1. The first kappa shape index (κ1) is 13.2. The van der Waals surface area contributed by atoms with Crippen LogP contribution in [0.25, 0.3) is 0 Å². The van der Waals surface area contributed by atoms with Crippen molar-refractivity contribution in [3.63, 3.8) is 0 Å². The van der Waals surface area contributed by atoms with E-state index >= 15 is 0 Å². The lowest BCUT2D eigenvalue weighted by Crippen LogP contribution is -2.46. The molecule has 0 N–H and O–H groups in total. The van der Waals surface area contributed by atoms with Crippen LogP contribution in [0.3, 0.4) is 0 Å². The van der Waals surface area contributed by atoms with Crippen LogP contribution in [-0.4, -0.2) is 58.0 Å². The van der Waals surface area contributed by atoms with Crippen molar-refractivity contribution in [1.82, 2.24) is 19.9 Å². The highest BCUT2D eigenvalue weighted by Crippen LogP contribution is 2.11. The summed E-state index contributed by atoms with van der Waals surface area (Å²) in [6.45, 7) is 7.96. The molecule has 1 saturated heterocycles. The summed E-state index contributed by atoms with van der Waals surface area (Å²) >= 11 is 0. The summed E-state index contributed by atoms with van der Waals surface area (Å²) in [5.41, 5.74) is 0.555. The Kier molecular flexibility index (Phi) is 4.43. The van der Waals surface area contributed by atoms with Gasteiger partial charge in [0.25, 0.3) is 0 Å². The number of nitrogens with zero attached hydrogens (tertiary/aromatic N) is 4. The zero-order valence-electron chi connectivity index (χ0n) is 11.0. The van der Waals surface area contributed by atoms with Crippen LogP contribution in [0.15, 0.2) is 6.20 Å². The summed E-state index contributed by atoms with van der Waals surface area (Å²) in [6.07, 6.45) is 2.08. The molecule has 6 heteroatoms. The standard InChI is InChI=1S/C12H20N4O2/c1-3-5-16-10(8-13-14-16)12(17)11-9-15(4-2)6-7-18-11/h8,11H,3-7,9H2,1-2H3. The number of aromatic nitrogens is 3. The second-order valence-electron chi connectivity index (χ2n) is 4.46. The number of carbonyl (C=O) groups is 1. The molecular weight excluding hydrogens is 232 g/mol. The Morgan fingerprint density at radius 2 is 2.39 bits per heavy atom. The van der Waals surface area contributed by atoms with Gasteiger partial charge < -0.3 is 4.74 Å². The number of carbonyl (C=O) groups excluding carboxylic acids is 1. The van der Waals surface area contributed by atoms with Crippen molar-refractivity contribution < 1.29 is 9.53 Å². The Morgan fingerprint density at radius 1 is 1.56 bits per heavy atom. The first-order valence-electron chi connectivity index (χ1n) is 6.53. The van der Waals surface area contributed by atoms with Crippen molar-refractivity contribution in [2.24, 2.45) is 0 Å². The minimum atomic E-state index is -0.382. The number of Topliss-reactive ketones (excluding diaryl/α,β-unsaturated/α-hetero) is 1. The van der Waals surface area contributed by atoms with Gasteiger partial charge in [-0.3, -0.25) is 9.69 Å². The number of rotatable bonds is 5. The van der Waals surface area contributed by atoms with Crippen LogP contribution in [0.4, 0.5) is 0 Å². The normalized spacial score (nSPS) is 21.1. The molecule has 100 valence electrons. The third kappa shape index (κ3) is 2.76. The van der Waals surface area contributed by atoms with Crippen LogP contribution >= 0.6 is 0 Å². The Balaban J connectivity index is 2.08. The maximum absolute atomic E-state index is 12.4. The molecule has 1 aliphatic heterocycles. The molecule has 1 aliphatic rings. The first-order valence-corrected chi connectivity index (χ1v) is 6.53. The van der Waals surface area contributed by atoms with Crippen LogP contribution in [0.5, 0.6) is 0 Å². The van der Waals surface area contributed by atoms with E-state index in [2.05, 4.69) is 22.1 Å². The third-order valence-electron chi connectivity index (χ3n) is 3.20. The smallest absolute Gasteiger partial charge is 0.212 e. The summed E-state index contributed by atoms with van der Waals surface area (Å²) in [5, 5.41) is 7.76. The fourth-order valence-corrected chi connectivity index (χ4v) is 2.14. The summed E-state index contributed by atoms with van der Waals surface area (Å²) in [5.74, 6) is -0.00778. The van der Waals surface area contributed by atoms with E-state index in [1.165, 1.54) is 6.20 Å². The zero-order chi connectivity index (χ0) is 13.0. The van der Waals surface area contributed by atoms with E-state index in [0.29, 0.717) is 25.4 Å². The van der Waals surface area contributed by atoms with Crippen molar-refractivity contribution in [3.8, 4) is 0 Å². The topological polar surface area (TPSA) is 60.2 Å². The second-order valence-corrected chi connectivity index (χ2v) is 4.46. The number of ketones is 1. The van der Waals surface area contributed by atoms with Crippen molar-refractivity contribution in [1.29, 1.82) is 0 Å². The Labute approximate surface area is 107 Å². The molecule has 0 bridgehead atoms. The van der Waals surface area contributed by atoms with Crippen LogP contribution in [0.2, 0.25) is 0 Å². The number of hydrogen-bond donors (Lipinski definition) is 0. The number of aryl methyl sites for hydroxylation is 1. The Bertz CT molecular complexity index is 405. The molecule has 2 rings (SSSR count). The van der Waals surface area contributed by atoms with Gasteiger partial charge in [-0.1, -0.05) is 19.1 Å². The van der Waals surface area contributed by atoms with Gasteiger partial charge in [0.1, 0.15) is 11.8 Å². The maximum Gasteiger partial charge on any atom is 0.212 e. The van der Waals surface area contributed by atoms with Crippen LogP contribution in [0.1, 0.15) is 30.8 Å². The van der Waals surface area contributed by atoms with Crippen molar-refractivity contribution in [2.75, 3.05) is 26.2 Å².